The van der Waals surface area contributed by atoms with Gasteiger partial charge in [-0.1, -0.05) is 11.2 Å². The summed E-state index contributed by atoms with van der Waals surface area (Å²) in [5.41, 5.74) is 2.74. The highest BCUT2D eigenvalue weighted by Crippen LogP contribution is 2.27. The number of carbonyl (C=O) groups is 1. The molecule has 0 fully saturated rings. The van der Waals surface area contributed by atoms with Crippen molar-refractivity contribution in [1.82, 2.24) is 20.1 Å². The van der Waals surface area contributed by atoms with Crippen molar-refractivity contribution in [3.05, 3.63) is 53.6 Å². The number of rotatable bonds is 4. The van der Waals surface area contributed by atoms with Gasteiger partial charge in [-0.25, -0.2) is 9.97 Å². The number of nitrogens with one attached hydrogen (secondary N) is 1. The third-order valence-corrected chi connectivity index (χ3v) is 4.21. The zero-order valence-electron chi connectivity index (χ0n) is 13.0. The summed E-state index contributed by atoms with van der Waals surface area (Å²) in [6.45, 7) is 1.96. The monoisotopic (exact) mass is 353 g/mol. The lowest BCUT2D eigenvalue weighted by Gasteiger charge is -2.01. The first-order chi connectivity index (χ1) is 12.2. The van der Waals surface area contributed by atoms with Crippen LogP contribution in [0.5, 0.6) is 0 Å². The Labute approximate surface area is 145 Å². The van der Waals surface area contributed by atoms with Gasteiger partial charge in [0, 0.05) is 11.6 Å². The van der Waals surface area contributed by atoms with Gasteiger partial charge < -0.3 is 8.94 Å². The van der Waals surface area contributed by atoms with Crippen LogP contribution in [0.4, 0.5) is 5.13 Å². The van der Waals surface area contributed by atoms with Crippen molar-refractivity contribution in [2.75, 3.05) is 5.32 Å². The first-order valence-corrected chi connectivity index (χ1v) is 8.13. The molecule has 0 spiro atoms. The Morgan fingerprint density at radius 3 is 3.04 bits per heavy atom. The molecule has 1 amide bonds. The Morgan fingerprint density at radius 1 is 1.32 bits per heavy atom. The molecule has 0 unspecified atom stereocenters. The van der Waals surface area contributed by atoms with E-state index in [0.717, 1.165) is 11.3 Å². The van der Waals surface area contributed by atoms with Crippen LogP contribution in [0.2, 0.25) is 0 Å². The zero-order valence-corrected chi connectivity index (χ0v) is 13.8. The number of hydrogen-bond acceptors (Lipinski definition) is 8. The van der Waals surface area contributed by atoms with Gasteiger partial charge in [-0.3, -0.25) is 15.1 Å². The van der Waals surface area contributed by atoms with Crippen molar-refractivity contribution in [3.63, 3.8) is 0 Å². The van der Waals surface area contributed by atoms with E-state index >= 15 is 0 Å². The van der Waals surface area contributed by atoms with Gasteiger partial charge in [0.25, 0.3) is 5.91 Å². The second-order valence-corrected chi connectivity index (χ2v) is 5.95. The number of hydrogen-bond donors (Lipinski definition) is 1. The topological polar surface area (TPSA) is 107 Å². The lowest BCUT2D eigenvalue weighted by Crippen LogP contribution is -2.11. The standard InChI is InChI=1S/C16H11N5O3S/c1-9-3-2-4-18-13(9)11-7-25-16(20-11)21-15(22)10-5-19-24-14(10)12-6-17-8-23-12/h2-8H,1H3,(H,20,21,22). The van der Waals surface area contributed by atoms with Crippen LogP contribution in [0, 0.1) is 6.92 Å². The molecule has 0 bridgehead atoms. The molecule has 124 valence electrons. The van der Waals surface area contributed by atoms with Crippen LogP contribution in [0.1, 0.15) is 15.9 Å². The molecule has 1 N–H and O–H groups in total. The molecule has 0 saturated carbocycles. The Bertz CT molecular complexity index is 1020. The van der Waals surface area contributed by atoms with Crippen molar-refractivity contribution in [3.8, 4) is 22.9 Å². The molecule has 0 radical (unpaired) electrons. The molecular formula is C16H11N5O3S. The third-order valence-electron chi connectivity index (χ3n) is 3.45. The van der Waals surface area contributed by atoms with E-state index in [-0.39, 0.29) is 11.3 Å². The highest BCUT2D eigenvalue weighted by Gasteiger charge is 2.21. The van der Waals surface area contributed by atoms with Gasteiger partial charge in [-0.05, 0) is 18.6 Å². The Hall–Kier alpha value is -3.33. The minimum absolute atomic E-state index is 0.215. The van der Waals surface area contributed by atoms with Crippen LogP contribution in [0.25, 0.3) is 22.9 Å². The minimum atomic E-state index is -0.397. The van der Waals surface area contributed by atoms with Gasteiger partial charge >= 0.3 is 0 Å². The van der Waals surface area contributed by atoms with Crippen LogP contribution in [0.15, 0.2) is 51.4 Å². The number of oxazole rings is 1. The van der Waals surface area contributed by atoms with Crippen LogP contribution >= 0.6 is 11.3 Å². The molecule has 0 aromatic carbocycles. The van der Waals surface area contributed by atoms with Gasteiger partial charge in [0.2, 0.25) is 5.76 Å². The molecule has 8 nitrogen and oxygen atoms in total. The van der Waals surface area contributed by atoms with E-state index in [2.05, 4.69) is 25.4 Å². The van der Waals surface area contributed by atoms with E-state index in [1.165, 1.54) is 30.1 Å². The van der Waals surface area contributed by atoms with Crippen LogP contribution in [0.3, 0.4) is 0 Å². The van der Waals surface area contributed by atoms with Gasteiger partial charge in [0.15, 0.2) is 17.3 Å². The van der Waals surface area contributed by atoms with E-state index < -0.39 is 5.91 Å². The SMILES string of the molecule is Cc1cccnc1-c1csc(NC(=O)c2cnoc2-c2cnco2)n1. The summed E-state index contributed by atoms with van der Waals surface area (Å²) in [6, 6.07) is 3.82. The summed E-state index contributed by atoms with van der Waals surface area (Å²) in [5.74, 6) is 0.144. The average Bonchev–Trinajstić information content (AvgIpc) is 3.36. The smallest absolute Gasteiger partial charge is 0.263 e. The maximum atomic E-state index is 12.5. The van der Waals surface area contributed by atoms with Crippen LogP contribution in [-0.2, 0) is 0 Å². The average molecular weight is 353 g/mol. The molecule has 4 aromatic rings. The summed E-state index contributed by atoms with van der Waals surface area (Å²) in [7, 11) is 0. The number of pyridine rings is 1. The number of aromatic nitrogens is 4. The fourth-order valence-electron chi connectivity index (χ4n) is 2.27. The summed E-state index contributed by atoms with van der Waals surface area (Å²) in [5, 5.41) is 8.69. The third kappa shape index (κ3) is 2.92. The number of anilines is 1. The molecule has 4 heterocycles. The molecule has 4 aromatic heterocycles. The second-order valence-electron chi connectivity index (χ2n) is 5.10. The first kappa shape index (κ1) is 15.2. The number of nitrogens with zero attached hydrogens (tertiary/aromatic N) is 4. The van der Waals surface area contributed by atoms with Crippen molar-refractivity contribution >= 4 is 22.4 Å². The van der Waals surface area contributed by atoms with Gasteiger partial charge in [-0.15, -0.1) is 11.3 Å². The molecule has 9 heteroatoms. The Balaban J connectivity index is 1.57. The fourth-order valence-corrected chi connectivity index (χ4v) is 2.96. The Morgan fingerprint density at radius 2 is 2.24 bits per heavy atom. The minimum Gasteiger partial charge on any atom is -0.440 e. The summed E-state index contributed by atoms with van der Waals surface area (Å²) in [4.78, 5) is 25.0. The van der Waals surface area contributed by atoms with E-state index in [9.17, 15) is 4.79 Å². The highest BCUT2D eigenvalue weighted by molar-refractivity contribution is 7.14. The largest absolute Gasteiger partial charge is 0.440 e. The zero-order chi connectivity index (χ0) is 17.2. The number of thiazole rings is 1. The molecule has 0 aliphatic rings. The summed E-state index contributed by atoms with van der Waals surface area (Å²) < 4.78 is 10.2. The van der Waals surface area contributed by atoms with E-state index in [1.54, 1.807) is 6.20 Å². The molecule has 0 atom stereocenters. The van der Waals surface area contributed by atoms with Crippen LogP contribution in [-0.4, -0.2) is 26.0 Å². The predicted octanol–water partition coefficient (Wildman–Crippen LogP) is 3.41. The molecular weight excluding hydrogens is 342 g/mol. The molecule has 0 saturated heterocycles. The molecule has 0 aliphatic carbocycles. The Kier molecular flexibility index (Phi) is 3.82. The maximum Gasteiger partial charge on any atom is 0.263 e. The molecule has 0 aliphatic heterocycles. The van der Waals surface area contributed by atoms with E-state index in [0.29, 0.717) is 16.6 Å². The van der Waals surface area contributed by atoms with Gasteiger partial charge in [0.1, 0.15) is 11.3 Å². The van der Waals surface area contributed by atoms with Crippen molar-refractivity contribution in [2.45, 2.75) is 6.92 Å². The quantitative estimate of drug-likeness (QED) is 0.599. The lowest BCUT2D eigenvalue weighted by atomic mass is 10.2. The normalized spacial score (nSPS) is 10.8. The van der Waals surface area contributed by atoms with Crippen molar-refractivity contribution in [2.24, 2.45) is 0 Å². The number of carbonyl (C=O) groups excluding carboxylic acids is 1. The predicted molar refractivity (Wildman–Crippen MR) is 90.0 cm³/mol. The van der Waals surface area contributed by atoms with E-state index in [4.69, 9.17) is 8.94 Å². The highest BCUT2D eigenvalue weighted by atomic mass is 32.1. The molecule has 25 heavy (non-hydrogen) atoms. The van der Waals surface area contributed by atoms with E-state index in [1.807, 2.05) is 24.4 Å². The molecule has 4 rings (SSSR count). The van der Waals surface area contributed by atoms with Crippen molar-refractivity contribution in [1.29, 1.82) is 0 Å². The second kappa shape index (κ2) is 6.29. The summed E-state index contributed by atoms with van der Waals surface area (Å²) >= 11 is 1.31. The number of amides is 1. The van der Waals surface area contributed by atoms with Crippen molar-refractivity contribution < 1.29 is 13.7 Å². The fraction of sp³-hybridized carbons (Fsp3) is 0.0625. The van der Waals surface area contributed by atoms with Gasteiger partial charge in [0.05, 0.1) is 18.1 Å². The van der Waals surface area contributed by atoms with Gasteiger partial charge in [-0.2, -0.15) is 0 Å². The number of aryl methyl sites for hydroxylation is 1. The lowest BCUT2D eigenvalue weighted by molar-refractivity contribution is 0.102. The van der Waals surface area contributed by atoms with Crippen LogP contribution < -0.4 is 5.32 Å². The summed E-state index contributed by atoms with van der Waals surface area (Å²) in [6.07, 6.45) is 5.73. The first-order valence-electron chi connectivity index (χ1n) is 7.25. The maximum absolute atomic E-state index is 12.5.